The zero-order chi connectivity index (χ0) is 13.4. The van der Waals surface area contributed by atoms with Crippen LogP contribution in [0.5, 0.6) is 0 Å². The molecule has 0 saturated carbocycles. The van der Waals surface area contributed by atoms with Crippen LogP contribution in [0, 0.1) is 5.92 Å². The molecule has 0 aliphatic rings. The van der Waals surface area contributed by atoms with Gasteiger partial charge in [-0.15, -0.1) is 0 Å². The number of rotatable bonds is 8. The minimum atomic E-state index is 0.514. The number of anilines is 2. The van der Waals surface area contributed by atoms with Crippen LogP contribution in [0.4, 0.5) is 11.6 Å². The van der Waals surface area contributed by atoms with Gasteiger partial charge in [0.1, 0.15) is 17.5 Å². The molecule has 0 radical (unpaired) electrons. The minimum Gasteiger partial charge on any atom is -0.384 e. The summed E-state index contributed by atoms with van der Waals surface area (Å²) in [4.78, 5) is 8.49. The number of aryl methyl sites for hydroxylation is 1. The Balaban J connectivity index is 2.24. The second kappa shape index (κ2) is 7.87. The average Bonchev–Trinajstić information content (AvgIpc) is 2.32. The molecule has 3 N–H and O–H groups in total. The number of nitrogen functional groups attached to an aromatic ring is 1. The van der Waals surface area contributed by atoms with Crippen molar-refractivity contribution in [2.45, 2.75) is 33.6 Å². The van der Waals surface area contributed by atoms with Gasteiger partial charge in [-0.05, 0) is 12.3 Å². The summed E-state index contributed by atoms with van der Waals surface area (Å²) in [5.74, 6) is 2.67. The highest BCUT2D eigenvalue weighted by Crippen LogP contribution is 2.08. The third-order valence-electron chi connectivity index (χ3n) is 2.33. The van der Waals surface area contributed by atoms with Crippen molar-refractivity contribution in [1.29, 1.82) is 0 Å². The van der Waals surface area contributed by atoms with Crippen LogP contribution in [0.15, 0.2) is 6.07 Å². The van der Waals surface area contributed by atoms with E-state index >= 15 is 0 Å². The maximum Gasteiger partial charge on any atom is 0.132 e. The molecule has 0 spiro atoms. The normalized spacial score (nSPS) is 10.9. The Morgan fingerprint density at radius 3 is 2.83 bits per heavy atom. The fraction of sp³-hybridized carbons (Fsp3) is 0.692. The first-order valence-corrected chi connectivity index (χ1v) is 6.56. The average molecular weight is 252 g/mol. The summed E-state index contributed by atoms with van der Waals surface area (Å²) >= 11 is 0. The van der Waals surface area contributed by atoms with E-state index in [0.717, 1.165) is 44.2 Å². The lowest BCUT2D eigenvalue weighted by Crippen LogP contribution is -2.10. The molecule has 0 fully saturated rings. The van der Waals surface area contributed by atoms with Gasteiger partial charge in [0.15, 0.2) is 0 Å². The maximum absolute atomic E-state index is 5.70. The predicted octanol–water partition coefficient (Wildman–Crippen LogP) is 2.10. The molecule has 0 aromatic carbocycles. The van der Waals surface area contributed by atoms with Crippen LogP contribution >= 0.6 is 0 Å². The summed E-state index contributed by atoms with van der Waals surface area (Å²) in [6.07, 6.45) is 1.75. The zero-order valence-corrected chi connectivity index (χ0v) is 11.6. The SMILES string of the molecule is CCc1nc(N)cc(NCCCOCC(C)C)n1. The van der Waals surface area contributed by atoms with Crippen LogP contribution in [0.1, 0.15) is 33.0 Å². The molecule has 102 valence electrons. The van der Waals surface area contributed by atoms with Crippen LogP contribution in [0.25, 0.3) is 0 Å². The molecule has 0 amide bonds. The molecule has 1 aromatic rings. The van der Waals surface area contributed by atoms with Crippen LogP contribution in [0.2, 0.25) is 0 Å². The van der Waals surface area contributed by atoms with E-state index in [0.29, 0.717) is 11.7 Å². The molecule has 0 saturated heterocycles. The lowest BCUT2D eigenvalue weighted by molar-refractivity contribution is 0.110. The first-order valence-electron chi connectivity index (χ1n) is 6.56. The van der Waals surface area contributed by atoms with Gasteiger partial charge in [-0.2, -0.15) is 0 Å². The number of nitrogens with one attached hydrogen (secondary N) is 1. The largest absolute Gasteiger partial charge is 0.384 e. The number of nitrogens with two attached hydrogens (primary N) is 1. The zero-order valence-electron chi connectivity index (χ0n) is 11.6. The topological polar surface area (TPSA) is 73.1 Å². The van der Waals surface area contributed by atoms with Crippen molar-refractivity contribution in [2.75, 3.05) is 30.8 Å². The molecule has 1 aromatic heterocycles. The fourth-order valence-electron chi connectivity index (χ4n) is 1.48. The van der Waals surface area contributed by atoms with Crippen molar-refractivity contribution >= 4 is 11.6 Å². The maximum atomic E-state index is 5.70. The highest BCUT2D eigenvalue weighted by atomic mass is 16.5. The van der Waals surface area contributed by atoms with E-state index in [-0.39, 0.29) is 0 Å². The van der Waals surface area contributed by atoms with Crippen molar-refractivity contribution in [3.05, 3.63) is 11.9 Å². The Labute approximate surface area is 109 Å². The molecule has 18 heavy (non-hydrogen) atoms. The van der Waals surface area contributed by atoms with Crippen LogP contribution < -0.4 is 11.1 Å². The van der Waals surface area contributed by atoms with Crippen LogP contribution in [0.3, 0.4) is 0 Å². The van der Waals surface area contributed by atoms with Gasteiger partial charge in [0.25, 0.3) is 0 Å². The molecule has 0 bridgehead atoms. The van der Waals surface area contributed by atoms with E-state index in [1.165, 1.54) is 0 Å². The molecule has 1 rings (SSSR count). The Hall–Kier alpha value is -1.36. The highest BCUT2D eigenvalue weighted by molar-refractivity contribution is 5.44. The first-order chi connectivity index (χ1) is 8.61. The Kier molecular flexibility index (Phi) is 6.43. The van der Waals surface area contributed by atoms with Gasteiger partial charge >= 0.3 is 0 Å². The lowest BCUT2D eigenvalue weighted by atomic mass is 10.2. The summed E-state index contributed by atoms with van der Waals surface area (Å²) in [5, 5.41) is 3.24. The lowest BCUT2D eigenvalue weighted by Gasteiger charge is -2.09. The molecule has 0 aliphatic carbocycles. The van der Waals surface area contributed by atoms with Gasteiger partial charge in [0, 0.05) is 32.2 Å². The van der Waals surface area contributed by atoms with Crippen molar-refractivity contribution in [3.8, 4) is 0 Å². The summed E-state index contributed by atoms with van der Waals surface area (Å²) in [5.41, 5.74) is 5.70. The standard InChI is InChI=1S/C13H24N4O/c1-4-12-16-11(14)8-13(17-12)15-6-5-7-18-9-10(2)3/h8,10H,4-7,9H2,1-3H3,(H3,14,15,16,17). The van der Waals surface area contributed by atoms with Gasteiger partial charge in [0.05, 0.1) is 0 Å². The summed E-state index contributed by atoms with van der Waals surface area (Å²) in [7, 11) is 0. The van der Waals surface area contributed by atoms with Crippen molar-refractivity contribution in [1.82, 2.24) is 9.97 Å². The quantitative estimate of drug-likeness (QED) is 0.693. The number of aromatic nitrogens is 2. The van der Waals surface area contributed by atoms with Crippen molar-refractivity contribution in [3.63, 3.8) is 0 Å². The molecule has 5 nitrogen and oxygen atoms in total. The Morgan fingerprint density at radius 1 is 1.39 bits per heavy atom. The van der Waals surface area contributed by atoms with Crippen molar-refractivity contribution < 1.29 is 4.74 Å². The van der Waals surface area contributed by atoms with Crippen molar-refractivity contribution in [2.24, 2.45) is 5.92 Å². The molecular weight excluding hydrogens is 228 g/mol. The molecule has 5 heteroatoms. The van der Waals surface area contributed by atoms with E-state index in [9.17, 15) is 0 Å². The number of hydrogen-bond donors (Lipinski definition) is 2. The molecule has 0 unspecified atom stereocenters. The third kappa shape index (κ3) is 5.82. The van der Waals surface area contributed by atoms with E-state index in [1.54, 1.807) is 6.07 Å². The van der Waals surface area contributed by atoms with Gasteiger partial charge < -0.3 is 15.8 Å². The van der Waals surface area contributed by atoms with E-state index in [1.807, 2.05) is 6.92 Å². The molecule has 0 atom stereocenters. The van der Waals surface area contributed by atoms with Crippen LogP contribution in [-0.2, 0) is 11.2 Å². The van der Waals surface area contributed by atoms with E-state index in [4.69, 9.17) is 10.5 Å². The predicted molar refractivity (Wildman–Crippen MR) is 74.6 cm³/mol. The summed E-state index contributed by atoms with van der Waals surface area (Å²) < 4.78 is 5.50. The van der Waals surface area contributed by atoms with Crippen LogP contribution in [-0.4, -0.2) is 29.7 Å². The smallest absolute Gasteiger partial charge is 0.132 e. The minimum absolute atomic E-state index is 0.514. The third-order valence-corrected chi connectivity index (χ3v) is 2.33. The fourth-order valence-corrected chi connectivity index (χ4v) is 1.48. The van der Waals surface area contributed by atoms with Gasteiger partial charge in [0.2, 0.25) is 0 Å². The Morgan fingerprint density at radius 2 is 2.17 bits per heavy atom. The van der Waals surface area contributed by atoms with Gasteiger partial charge in [-0.25, -0.2) is 9.97 Å². The molecule has 1 heterocycles. The molecule has 0 aliphatic heterocycles. The first kappa shape index (κ1) is 14.7. The summed E-state index contributed by atoms with van der Waals surface area (Å²) in [6.45, 7) is 8.73. The van der Waals surface area contributed by atoms with E-state index in [2.05, 4.69) is 29.1 Å². The summed E-state index contributed by atoms with van der Waals surface area (Å²) in [6, 6.07) is 1.76. The number of nitrogens with zero attached hydrogens (tertiary/aromatic N) is 2. The highest BCUT2D eigenvalue weighted by Gasteiger charge is 2.00. The van der Waals surface area contributed by atoms with E-state index < -0.39 is 0 Å². The van der Waals surface area contributed by atoms with Gasteiger partial charge in [-0.3, -0.25) is 0 Å². The van der Waals surface area contributed by atoms with Gasteiger partial charge in [-0.1, -0.05) is 20.8 Å². The second-order valence-corrected chi connectivity index (χ2v) is 4.70. The number of hydrogen-bond acceptors (Lipinski definition) is 5. The second-order valence-electron chi connectivity index (χ2n) is 4.70. The Bertz CT molecular complexity index is 355. The monoisotopic (exact) mass is 252 g/mol. The molecular formula is C13H24N4O. The number of ether oxygens (including phenoxy) is 1.